The molecule has 0 spiro atoms. The first-order valence-electron chi connectivity index (χ1n) is 4.56. The molecule has 1 saturated heterocycles. The SMILES string of the molecule is O=C1OC(CO)CN1c1ccccc1F. The Hall–Kier alpha value is -1.62. The molecule has 80 valence electrons. The lowest BCUT2D eigenvalue weighted by Gasteiger charge is -2.12. The second-order valence-electron chi connectivity index (χ2n) is 3.25. The minimum absolute atomic E-state index is 0.177. The number of aliphatic hydroxyl groups excluding tert-OH is 1. The summed E-state index contributed by atoms with van der Waals surface area (Å²) in [5.74, 6) is -0.479. The van der Waals surface area contributed by atoms with Crippen molar-refractivity contribution in [3.05, 3.63) is 30.1 Å². The fourth-order valence-corrected chi connectivity index (χ4v) is 1.48. The molecule has 1 aliphatic heterocycles. The number of para-hydroxylation sites is 1. The summed E-state index contributed by atoms with van der Waals surface area (Å²) in [6.45, 7) is -0.0764. The minimum Gasteiger partial charge on any atom is -0.441 e. The van der Waals surface area contributed by atoms with E-state index in [4.69, 9.17) is 9.84 Å². The zero-order valence-corrected chi connectivity index (χ0v) is 7.89. The fraction of sp³-hybridized carbons (Fsp3) is 0.300. The number of ether oxygens (including phenoxy) is 1. The number of amides is 1. The first kappa shape index (κ1) is 9.92. The highest BCUT2D eigenvalue weighted by atomic mass is 19.1. The van der Waals surface area contributed by atoms with Crippen molar-refractivity contribution in [3.63, 3.8) is 0 Å². The second-order valence-corrected chi connectivity index (χ2v) is 3.25. The lowest BCUT2D eigenvalue weighted by Crippen LogP contribution is -2.26. The number of rotatable bonds is 2. The second kappa shape index (κ2) is 3.86. The quantitative estimate of drug-likeness (QED) is 0.798. The third-order valence-corrected chi connectivity index (χ3v) is 2.22. The molecular formula is C10H10FNO3. The maximum atomic E-state index is 13.3. The lowest BCUT2D eigenvalue weighted by molar-refractivity contribution is 0.0963. The van der Waals surface area contributed by atoms with Crippen LogP contribution in [0, 0.1) is 5.82 Å². The predicted molar refractivity (Wildman–Crippen MR) is 51.1 cm³/mol. The Balaban J connectivity index is 2.25. The van der Waals surface area contributed by atoms with Crippen LogP contribution in [0.15, 0.2) is 24.3 Å². The maximum Gasteiger partial charge on any atom is 0.414 e. The molecular weight excluding hydrogens is 201 g/mol. The van der Waals surface area contributed by atoms with Crippen molar-refractivity contribution in [1.29, 1.82) is 0 Å². The van der Waals surface area contributed by atoms with Crippen LogP contribution < -0.4 is 4.90 Å². The van der Waals surface area contributed by atoms with Crippen molar-refractivity contribution in [2.75, 3.05) is 18.1 Å². The summed E-state index contributed by atoms with van der Waals surface area (Å²) in [6, 6.07) is 5.95. The molecule has 1 amide bonds. The molecule has 0 bridgehead atoms. The van der Waals surface area contributed by atoms with Gasteiger partial charge >= 0.3 is 6.09 Å². The van der Waals surface area contributed by atoms with E-state index in [9.17, 15) is 9.18 Å². The van der Waals surface area contributed by atoms with Gasteiger partial charge in [-0.25, -0.2) is 9.18 Å². The van der Waals surface area contributed by atoms with Crippen LogP contribution in [0.3, 0.4) is 0 Å². The van der Waals surface area contributed by atoms with Crippen molar-refractivity contribution in [3.8, 4) is 0 Å². The monoisotopic (exact) mass is 211 g/mol. The summed E-state index contributed by atoms with van der Waals surface area (Å²) in [7, 11) is 0. The van der Waals surface area contributed by atoms with E-state index in [0.29, 0.717) is 0 Å². The maximum absolute atomic E-state index is 13.3. The molecule has 2 rings (SSSR count). The van der Waals surface area contributed by atoms with Gasteiger partial charge in [0.25, 0.3) is 0 Å². The van der Waals surface area contributed by atoms with Crippen LogP contribution in [0.25, 0.3) is 0 Å². The van der Waals surface area contributed by atoms with Gasteiger partial charge in [0.2, 0.25) is 0 Å². The molecule has 1 aliphatic rings. The van der Waals surface area contributed by atoms with Gasteiger partial charge in [0.15, 0.2) is 0 Å². The van der Waals surface area contributed by atoms with Crippen molar-refractivity contribution >= 4 is 11.8 Å². The summed E-state index contributed by atoms with van der Waals surface area (Å²) in [5, 5.41) is 8.82. The molecule has 0 saturated carbocycles. The summed E-state index contributed by atoms with van der Waals surface area (Å²) < 4.78 is 18.1. The molecule has 1 fully saturated rings. The molecule has 1 aromatic rings. The summed E-state index contributed by atoms with van der Waals surface area (Å²) in [6.07, 6.45) is -1.20. The Morgan fingerprint density at radius 1 is 1.53 bits per heavy atom. The number of benzene rings is 1. The molecule has 0 aliphatic carbocycles. The average Bonchev–Trinajstić information content (AvgIpc) is 2.60. The largest absolute Gasteiger partial charge is 0.441 e. The molecule has 1 unspecified atom stereocenters. The summed E-state index contributed by atoms with van der Waals surface area (Å²) in [4.78, 5) is 12.5. The van der Waals surface area contributed by atoms with E-state index in [1.807, 2.05) is 0 Å². The van der Waals surface area contributed by atoms with Crippen LogP contribution in [0.1, 0.15) is 0 Å². The average molecular weight is 211 g/mol. The highest BCUT2D eigenvalue weighted by Crippen LogP contribution is 2.23. The number of anilines is 1. The van der Waals surface area contributed by atoms with Crippen molar-refractivity contribution in [2.45, 2.75) is 6.10 Å². The Labute approximate surface area is 85.9 Å². The van der Waals surface area contributed by atoms with Crippen molar-refractivity contribution in [1.82, 2.24) is 0 Å². The van der Waals surface area contributed by atoms with Gasteiger partial charge in [-0.15, -0.1) is 0 Å². The van der Waals surface area contributed by atoms with Crippen LogP contribution in [0.2, 0.25) is 0 Å². The minimum atomic E-state index is -0.626. The van der Waals surface area contributed by atoms with Gasteiger partial charge in [0.05, 0.1) is 18.8 Å². The molecule has 1 heterocycles. The van der Waals surface area contributed by atoms with Gasteiger partial charge < -0.3 is 9.84 Å². The van der Waals surface area contributed by atoms with Gasteiger partial charge in [0, 0.05) is 0 Å². The Bertz CT molecular complexity index is 383. The molecule has 5 heteroatoms. The fourth-order valence-electron chi connectivity index (χ4n) is 1.48. The first-order valence-corrected chi connectivity index (χ1v) is 4.56. The summed E-state index contributed by atoms with van der Waals surface area (Å²) in [5.41, 5.74) is 0.179. The van der Waals surface area contributed by atoms with E-state index in [1.165, 1.54) is 17.0 Å². The van der Waals surface area contributed by atoms with Crippen LogP contribution >= 0.6 is 0 Å². The van der Waals surface area contributed by atoms with E-state index in [2.05, 4.69) is 0 Å². The predicted octanol–water partition coefficient (Wildman–Crippen LogP) is 1.14. The number of nitrogens with zero attached hydrogens (tertiary/aromatic N) is 1. The van der Waals surface area contributed by atoms with Gasteiger partial charge in [-0.05, 0) is 12.1 Å². The number of halogens is 1. The van der Waals surface area contributed by atoms with Crippen LogP contribution in [-0.4, -0.2) is 30.5 Å². The van der Waals surface area contributed by atoms with Crippen molar-refractivity contribution in [2.24, 2.45) is 0 Å². The number of carbonyl (C=O) groups is 1. The van der Waals surface area contributed by atoms with E-state index >= 15 is 0 Å². The standard InChI is InChI=1S/C10H10FNO3/c11-8-3-1-2-4-9(8)12-5-7(6-13)15-10(12)14/h1-4,7,13H,5-6H2. The highest BCUT2D eigenvalue weighted by Gasteiger charge is 2.32. The molecule has 1 N–H and O–H groups in total. The number of hydrogen-bond acceptors (Lipinski definition) is 3. The third kappa shape index (κ3) is 1.78. The van der Waals surface area contributed by atoms with Crippen LogP contribution in [0.5, 0.6) is 0 Å². The number of cyclic esters (lactones) is 1. The first-order chi connectivity index (χ1) is 7.22. The molecule has 4 nitrogen and oxygen atoms in total. The third-order valence-electron chi connectivity index (χ3n) is 2.22. The molecule has 1 aromatic carbocycles. The van der Waals surface area contributed by atoms with Gasteiger partial charge in [-0.3, -0.25) is 4.90 Å². The Morgan fingerprint density at radius 2 is 2.27 bits per heavy atom. The van der Waals surface area contributed by atoms with E-state index in [0.717, 1.165) is 0 Å². The van der Waals surface area contributed by atoms with Crippen LogP contribution in [0.4, 0.5) is 14.9 Å². The van der Waals surface area contributed by atoms with Gasteiger partial charge in [-0.2, -0.15) is 0 Å². The number of carbonyl (C=O) groups excluding carboxylic acids is 1. The normalized spacial score (nSPS) is 20.5. The zero-order valence-electron chi connectivity index (χ0n) is 7.89. The molecule has 15 heavy (non-hydrogen) atoms. The molecule has 0 radical (unpaired) electrons. The zero-order chi connectivity index (χ0) is 10.8. The Kier molecular flexibility index (Phi) is 2.55. The highest BCUT2D eigenvalue weighted by molar-refractivity contribution is 5.89. The number of aliphatic hydroxyl groups is 1. The summed E-state index contributed by atoms with van der Waals surface area (Å²) >= 11 is 0. The smallest absolute Gasteiger partial charge is 0.414 e. The molecule has 1 atom stereocenters. The van der Waals surface area contributed by atoms with Crippen molar-refractivity contribution < 1.29 is 19.0 Å². The topological polar surface area (TPSA) is 49.8 Å². The van der Waals surface area contributed by atoms with Gasteiger partial charge in [0.1, 0.15) is 11.9 Å². The van der Waals surface area contributed by atoms with Gasteiger partial charge in [-0.1, -0.05) is 12.1 Å². The number of hydrogen-bond donors (Lipinski definition) is 1. The lowest BCUT2D eigenvalue weighted by atomic mass is 10.2. The van der Waals surface area contributed by atoms with E-state index < -0.39 is 18.0 Å². The van der Waals surface area contributed by atoms with E-state index in [-0.39, 0.29) is 18.8 Å². The van der Waals surface area contributed by atoms with E-state index in [1.54, 1.807) is 12.1 Å². The Morgan fingerprint density at radius 3 is 2.87 bits per heavy atom. The molecule has 0 aromatic heterocycles. The van der Waals surface area contributed by atoms with Crippen LogP contribution in [-0.2, 0) is 4.74 Å².